The number of nitrogens with one attached hydrogen (secondary N) is 1. The van der Waals surface area contributed by atoms with Crippen LogP contribution in [0.1, 0.15) is 40.7 Å². The molecule has 0 spiro atoms. The van der Waals surface area contributed by atoms with Crippen LogP contribution in [0.3, 0.4) is 0 Å². The first-order valence-corrected chi connectivity index (χ1v) is 9.86. The third-order valence-corrected chi connectivity index (χ3v) is 5.41. The molecule has 27 heavy (non-hydrogen) atoms. The topological polar surface area (TPSA) is 32.3 Å². The maximum Gasteiger partial charge on any atom is 0.251 e. The highest BCUT2D eigenvalue weighted by Crippen LogP contribution is 2.18. The van der Waals surface area contributed by atoms with Crippen molar-refractivity contribution in [3.8, 4) is 0 Å². The molecule has 3 heteroatoms. The van der Waals surface area contributed by atoms with E-state index in [4.69, 9.17) is 0 Å². The van der Waals surface area contributed by atoms with Crippen molar-refractivity contribution in [2.75, 3.05) is 13.1 Å². The zero-order valence-electron chi connectivity index (χ0n) is 15.7. The minimum atomic E-state index is -0.0199. The molecule has 0 atom stereocenters. The van der Waals surface area contributed by atoms with Crippen molar-refractivity contribution < 1.29 is 4.79 Å². The fourth-order valence-corrected chi connectivity index (χ4v) is 3.85. The number of likely N-dealkylation sites (tertiary alicyclic amines) is 1. The van der Waals surface area contributed by atoms with E-state index in [9.17, 15) is 4.79 Å². The van der Waals surface area contributed by atoms with Gasteiger partial charge >= 0.3 is 0 Å². The van der Waals surface area contributed by atoms with Gasteiger partial charge in [0.15, 0.2) is 0 Å². The highest BCUT2D eigenvalue weighted by molar-refractivity contribution is 5.98. The number of amides is 1. The summed E-state index contributed by atoms with van der Waals surface area (Å²) in [6, 6.07) is 22.4. The van der Waals surface area contributed by atoms with Crippen molar-refractivity contribution >= 4 is 16.7 Å². The van der Waals surface area contributed by atoms with Crippen LogP contribution in [0.15, 0.2) is 66.7 Å². The van der Waals surface area contributed by atoms with Crippen LogP contribution in [0.2, 0.25) is 0 Å². The summed E-state index contributed by atoms with van der Waals surface area (Å²) >= 11 is 0. The van der Waals surface area contributed by atoms with Crippen molar-refractivity contribution in [2.45, 2.75) is 32.4 Å². The Morgan fingerprint density at radius 2 is 1.52 bits per heavy atom. The molecule has 0 unspecified atom stereocenters. The largest absolute Gasteiger partial charge is 0.348 e. The summed E-state index contributed by atoms with van der Waals surface area (Å²) in [5.41, 5.74) is 3.23. The minimum Gasteiger partial charge on any atom is -0.348 e. The molecule has 1 heterocycles. The van der Waals surface area contributed by atoms with E-state index < -0.39 is 0 Å². The van der Waals surface area contributed by atoms with Gasteiger partial charge in [-0.25, -0.2) is 0 Å². The van der Waals surface area contributed by atoms with Crippen LogP contribution in [-0.4, -0.2) is 23.9 Å². The number of nitrogens with zero attached hydrogens (tertiary/aromatic N) is 1. The zero-order valence-corrected chi connectivity index (χ0v) is 15.7. The molecule has 3 nitrogen and oxygen atoms in total. The van der Waals surface area contributed by atoms with Gasteiger partial charge in [0.05, 0.1) is 0 Å². The van der Waals surface area contributed by atoms with Crippen LogP contribution in [0.25, 0.3) is 10.8 Å². The van der Waals surface area contributed by atoms with Crippen LogP contribution in [0.4, 0.5) is 0 Å². The van der Waals surface area contributed by atoms with E-state index in [2.05, 4.69) is 40.5 Å². The summed E-state index contributed by atoms with van der Waals surface area (Å²) < 4.78 is 0. The van der Waals surface area contributed by atoms with Gasteiger partial charge in [-0.1, -0.05) is 61.0 Å². The lowest BCUT2D eigenvalue weighted by Crippen LogP contribution is -2.30. The van der Waals surface area contributed by atoms with Gasteiger partial charge in [-0.3, -0.25) is 9.69 Å². The normalized spacial score (nSPS) is 15.0. The van der Waals surface area contributed by atoms with Gasteiger partial charge in [-0.05, 0) is 60.0 Å². The molecule has 1 saturated heterocycles. The van der Waals surface area contributed by atoms with E-state index >= 15 is 0 Å². The number of rotatable bonds is 5. The van der Waals surface area contributed by atoms with E-state index in [-0.39, 0.29) is 5.91 Å². The Hall–Kier alpha value is -2.65. The predicted molar refractivity (Wildman–Crippen MR) is 111 cm³/mol. The SMILES string of the molecule is O=C(NCc1ccccc1CN1CCCCC1)c1ccc2ccccc2c1. The summed E-state index contributed by atoms with van der Waals surface area (Å²) in [6.45, 7) is 3.90. The maximum absolute atomic E-state index is 12.6. The monoisotopic (exact) mass is 358 g/mol. The van der Waals surface area contributed by atoms with Crippen molar-refractivity contribution in [2.24, 2.45) is 0 Å². The lowest BCUT2D eigenvalue weighted by atomic mass is 10.0. The number of hydrogen-bond acceptors (Lipinski definition) is 2. The van der Waals surface area contributed by atoms with E-state index in [0.717, 1.165) is 17.3 Å². The van der Waals surface area contributed by atoms with Gasteiger partial charge in [0.1, 0.15) is 0 Å². The van der Waals surface area contributed by atoms with Crippen LogP contribution in [0, 0.1) is 0 Å². The first kappa shape index (κ1) is 17.7. The van der Waals surface area contributed by atoms with Crippen molar-refractivity contribution in [3.05, 3.63) is 83.4 Å². The maximum atomic E-state index is 12.6. The molecule has 1 aliphatic heterocycles. The molecule has 0 saturated carbocycles. The Labute approximate surface area is 161 Å². The molecule has 1 N–H and O–H groups in total. The number of fused-ring (bicyclic) bond motifs is 1. The molecule has 1 aliphatic rings. The number of piperidine rings is 1. The Morgan fingerprint density at radius 1 is 0.815 bits per heavy atom. The fourth-order valence-electron chi connectivity index (χ4n) is 3.85. The average molecular weight is 358 g/mol. The number of benzene rings is 3. The molecule has 138 valence electrons. The van der Waals surface area contributed by atoms with E-state index in [1.165, 1.54) is 43.5 Å². The summed E-state index contributed by atoms with van der Waals surface area (Å²) in [7, 11) is 0. The minimum absolute atomic E-state index is 0.0199. The lowest BCUT2D eigenvalue weighted by Gasteiger charge is -2.27. The van der Waals surface area contributed by atoms with E-state index in [1.807, 2.05) is 36.4 Å². The summed E-state index contributed by atoms with van der Waals surface area (Å²) in [6.07, 6.45) is 3.93. The molecule has 3 aromatic rings. The smallest absolute Gasteiger partial charge is 0.251 e. The Kier molecular flexibility index (Phi) is 5.50. The highest BCUT2D eigenvalue weighted by atomic mass is 16.1. The molecule has 4 rings (SSSR count). The molecule has 1 fully saturated rings. The van der Waals surface area contributed by atoms with Gasteiger partial charge in [-0.15, -0.1) is 0 Å². The molecule has 1 amide bonds. The Balaban J connectivity index is 1.43. The first-order valence-electron chi connectivity index (χ1n) is 9.86. The Bertz CT molecular complexity index is 928. The summed E-state index contributed by atoms with van der Waals surface area (Å²) in [5.74, 6) is -0.0199. The molecular formula is C24H26N2O. The second-order valence-corrected chi connectivity index (χ2v) is 7.35. The number of carbonyl (C=O) groups is 1. The van der Waals surface area contributed by atoms with Crippen LogP contribution in [0.5, 0.6) is 0 Å². The van der Waals surface area contributed by atoms with Crippen molar-refractivity contribution in [1.82, 2.24) is 10.2 Å². The molecule has 0 bridgehead atoms. The highest BCUT2D eigenvalue weighted by Gasteiger charge is 2.13. The van der Waals surface area contributed by atoms with Gasteiger partial charge in [0.25, 0.3) is 5.91 Å². The second-order valence-electron chi connectivity index (χ2n) is 7.35. The quantitative estimate of drug-likeness (QED) is 0.713. The van der Waals surface area contributed by atoms with Crippen molar-refractivity contribution in [1.29, 1.82) is 0 Å². The van der Waals surface area contributed by atoms with Crippen molar-refractivity contribution in [3.63, 3.8) is 0 Å². The molecule has 3 aromatic carbocycles. The number of hydrogen-bond donors (Lipinski definition) is 1. The standard InChI is InChI=1S/C24H26N2O/c27-24(21-13-12-19-8-2-3-9-20(19)16-21)25-17-22-10-4-5-11-23(22)18-26-14-6-1-7-15-26/h2-5,8-13,16H,1,6-7,14-15,17-18H2,(H,25,27). The Morgan fingerprint density at radius 3 is 2.33 bits per heavy atom. The van der Waals surface area contributed by atoms with Gasteiger partial charge in [0, 0.05) is 18.7 Å². The van der Waals surface area contributed by atoms with Gasteiger partial charge in [0.2, 0.25) is 0 Å². The van der Waals surface area contributed by atoms with E-state index in [1.54, 1.807) is 0 Å². The zero-order chi connectivity index (χ0) is 18.5. The third kappa shape index (κ3) is 4.37. The van der Waals surface area contributed by atoms with Crippen LogP contribution < -0.4 is 5.32 Å². The van der Waals surface area contributed by atoms with Crippen LogP contribution >= 0.6 is 0 Å². The fraction of sp³-hybridized carbons (Fsp3) is 0.292. The lowest BCUT2D eigenvalue weighted by molar-refractivity contribution is 0.0951. The molecule has 0 aromatic heterocycles. The second kappa shape index (κ2) is 8.36. The summed E-state index contributed by atoms with van der Waals surface area (Å²) in [4.78, 5) is 15.2. The molecular weight excluding hydrogens is 332 g/mol. The van der Waals surface area contributed by atoms with Crippen LogP contribution in [-0.2, 0) is 13.1 Å². The molecule has 0 radical (unpaired) electrons. The number of carbonyl (C=O) groups excluding carboxylic acids is 1. The van der Waals surface area contributed by atoms with Gasteiger partial charge < -0.3 is 5.32 Å². The van der Waals surface area contributed by atoms with E-state index in [0.29, 0.717) is 12.1 Å². The molecule has 0 aliphatic carbocycles. The predicted octanol–water partition coefficient (Wildman–Crippen LogP) is 4.76. The average Bonchev–Trinajstić information content (AvgIpc) is 2.73. The summed E-state index contributed by atoms with van der Waals surface area (Å²) in [5, 5.41) is 5.35. The third-order valence-electron chi connectivity index (χ3n) is 5.41. The van der Waals surface area contributed by atoms with Gasteiger partial charge in [-0.2, -0.15) is 0 Å². The first-order chi connectivity index (χ1) is 13.3.